The molecule has 1 fully saturated rings. The van der Waals surface area contributed by atoms with Crippen molar-refractivity contribution in [3.05, 3.63) is 0 Å². The summed E-state index contributed by atoms with van der Waals surface area (Å²) in [7, 11) is 1.36. The molecule has 0 aliphatic carbocycles. The fourth-order valence-electron chi connectivity index (χ4n) is 1.04. The quantitative estimate of drug-likeness (QED) is 0.542. The average Bonchev–Trinajstić information content (AvgIpc) is 2.29. The molecule has 1 atom stereocenters. The van der Waals surface area contributed by atoms with E-state index < -0.39 is 11.8 Å². The van der Waals surface area contributed by atoms with Crippen LogP contribution < -0.4 is 5.32 Å². The molecule has 0 spiro atoms. The Morgan fingerprint density at radius 2 is 2.36 bits per heavy atom. The van der Waals surface area contributed by atoms with E-state index in [1.807, 2.05) is 13.8 Å². The lowest BCUT2D eigenvalue weighted by Gasteiger charge is -2.17. The van der Waals surface area contributed by atoms with E-state index in [1.165, 1.54) is 7.11 Å². The van der Waals surface area contributed by atoms with Gasteiger partial charge >= 0.3 is 5.97 Å². The van der Waals surface area contributed by atoms with Crippen molar-refractivity contribution in [2.45, 2.75) is 25.7 Å². The number of rotatable bonds is 1. The highest BCUT2D eigenvalue weighted by Gasteiger charge is 2.35. The molecule has 0 amide bonds. The van der Waals surface area contributed by atoms with E-state index in [4.69, 9.17) is 4.74 Å². The highest BCUT2D eigenvalue weighted by atomic mass is 16.6. The minimum atomic E-state index is -0.449. The van der Waals surface area contributed by atoms with Gasteiger partial charge in [-0.3, -0.25) is 5.32 Å². The van der Waals surface area contributed by atoms with Gasteiger partial charge in [-0.25, -0.2) is 4.79 Å². The summed E-state index contributed by atoms with van der Waals surface area (Å²) >= 11 is 0. The first-order valence-corrected chi connectivity index (χ1v) is 3.56. The van der Waals surface area contributed by atoms with E-state index >= 15 is 0 Å². The first-order valence-electron chi connectivity index (χ1n) is 3.56. The molecule has 0 radical (unpaired) electrons. The zero-order valence-electron chi connectivity index (χ0n) is 7.01. The standard InChI is InChI=1S/C7H13NO3/c1-7(2)8-4-5(11-7)6(9)10-3/h5,8H,4H2,1-3H3. The van der Waals surface area contributed by atoms with Crippen molar-refractivity contribution in [2.75, 3.05) is 13.7 Å². The third-order valence-corrected chi connectivity index (χ3v) is 1.61. The molecule has 1 N–H and O–H groups in total. The topological polar surface area (TPSA) is 47.6 Å². The SMILES string of the molecule is COC(=O)C1CNC(C)(C)O1. The third-order valence-electron chi connectivity index (χ3n) is 1.61. The number of hydrogen-bond acceptors (Lipinski definition) is 4. The Hall–Kier alpha value is -0.610. The monoisotopic (exact) mass is 159 g/mol. The summed E-state index contributed by atoms with van der Waals surface area (Å²) < 4.78 is 9.84. The van der Waals surface area contributed by atoms with Crippen LogP contribution in [0.3, 0.4) is 0 Å². The predicted molar refractivity (Wildman–Crippen MR) is 39.0 cm³/mol. The zero-order valence-corrected chi connectivity index (χ0v) is 7.01. The molecule has 4 nitrogen and oxygen atoms in total. The van der Waals surface area contributed by atoms with Gasteiger partial charge in [-0.1, -0.05) is 0 Å². The lowest BCUT2D eigenvalue weighted by molar-refractivity contribution is -0.156. The molecule has 0 aromatic heterocycles. The zero-order chi connectivity index (χ0) is 8.48. The van der Waals surface area contributed by atoms with Crippen LogP contribution >= 0.6 is 0 Å². The highest BCUT2D eigenvalue weighted by Crippen LogP contribution is 2.15. The number of nitrogens with one attached hydrogen (secondary N) is 1. The molecule has 64 valence electrons. The molecule has 1 unspecified atom stereocenters. The number of hydrogen-bond donors (Lipinski definition) is 1. The Labute approximate surface area is 65.9 Å². The molecule has 1 aliphatic heterocycles. The van der Waals surface area contributed by atoms with Crippen LogP contribution in [-0.2, 0) is 14.3 Å². The molecule has 0 aromatic rings. The number of esters is 1. The van der Waals surface area contributed by atoms with Crippen molar-refractivity contribution < 1.29 is 14.3 Å². The van der Waals surface area contributed by atoms with Gasteiger partial charge in [0.1, 0.15) is 5.72 Å². The first-order chi connectivity index (χ1) is 5.05. The molecule has 1 saturated heterocycles. The summed E-state index contributed by atoms with van der Waals surface area (Å²) in [5.41, 5.74) is -0.404. The van der Waals surface area contributed by atoms with Gasteiger partial charge in [-0.05, 0) is 13.8 Å². The van der Waals surface area contributed by atoms with Gasteiger partial charge in [0.2, 0.25) is 0 Å². The van der Waals surface area contributed by atoms with Gasteiger partial charge in [-0.15, -0.1) is 0 Å². The second-order valence-corrected chi connectivity index (χ2v) is 3.02. The van der Waals surface area contributed by atoms with E-state index in [0.717, 1.165) is 0 Å². The summed E-state index contributed by atoms with van der Waals surface area (Å²) in [5.74, 6) is -0.317. The van der Waals surface area contributed by atoms with Crippen LogP contribution in [0, 0.1) is 0 Å². The van der Waals surface area contributed by atoms with Crippen molar-refractivity contribution in [2.24, 2.45) is 0 Å². The molecule has 4 heteroatoms. The summed E-state index contributed by atoms with van der Waals surface area (Å²) in [4.78, 5) is 10.9. The number of methoxy groups -OCH3 is 1. The normalized spacial score (nSPS) is 28.5. The van der Waals surface area contributed by atoms with Crippen molar-refractivity contribution in [3.63, 3.8) is 0 Å². The predicted octanol–water partition coefficient (Wildman–Crippen LogP) is -0.116. The average molecular weight is 159 g/mol. The molecule has 0 aromatic carbocycles. The summed E-state index contributed by atoms with van der Waals surface area (Å²) in [6.45, 7) is 4.27. The van der Waals surface area contributed by atoms with Crippen LogP contribution in [0.2, 0.25) is 0 Å². The Kier molecular flexibility index (Phi) is 2.15. The van der Waals surface area contributed by atoms with Crippen LogP contribution in [0.4, 0.5) is 0 Å². The molecule has 0 saturated carbocycles. The van der Waals surface area contributed by atoms with E-state index in [-0.39, 0.29) is 5.97 Å². The largest absolute Gasteiger partial charge is 0.467 e. The van der Waals surface area contributed by atoms with Gasteiger partial charge < -0.3 is 9.47 Å². The molecular formula is C7H13NO3. The Morgan fingerprint density at radius 1 is 1.73 bits per heavy atom. The minimum Gasteiger partial charge on any atom is -0.467 e. The fraction of sp³-hybridized carbons (Fsp3) is 0.857. The summed E-state index contributed by atoms with van der Waals surface area (Å²) in [6, 6.07) is 0. The lowest BCUT2D eigenvalue weighted by atomic mass is 10.3. The van der Waals surface area contributed by atoms with Crippen LogP contribution in [-0.4, -0.2) is 31.5 Å². The van der Waals surface area contributed by atoms with Crippen LogP contribution in [0.5, 0.6) is 0 Å². The number of ether oxygens (including phenoxy) is 2. The molecule has 1 rings (SSSR count). The van der Waals surface area contributed by atoms with Crippen molar-refractivity contribution in [3.8, 4) is 0 Å². The Morgan fingerprint density at radius 3 is 2.73 bits per heavy atom. The first kappa shape index (κ1) is 8.49. The van der Waals surface area contributed by atoms with Gasteiger partial charge in [0.05, 0.1) is 7.11 Å². The number of carbonyl (C=O) groups is 1. The molecule has 0 bridgehead atoms. The second-order valence-electron chi connectivity index (χ2n) is 3.02. The maximum atomic E-state index is 10.9. The van der Waals surface area contributed by atoms with Crippen LogP contribution in [0.15, 0.2) is 0 Å². The smallest absolute Gasteiger partial charge is 0.336 e. The van der Waals surface area contributed by atoms with Crippen molar-refractivity contribution >= 4 is 5.97 Å². The van der Waals surface area contributed by atoms with E-state index in [0.29, 0.717) is 6.54 Å². The van der Waals surface area contributed by atoms with Gasteiger partial charge in [0.15, 0.2) is 6.10 Å². The highest BCUT2D eigenvalue weighted by molar-refractivity contribution is 5.75. The molecule has 1 aliphatic rings. The maximum absolute atomic E-state index is 10.9. The molecule has 11 heavy (non-hydrogen) atoms. The molecular weight excluding hydrogens is 146 g/mol. The second kappa shape index (κ2) is 2.79. The van der Waals surface area contributed by atoms with Crippen molar-refractivity contribution in [1.82, 2.24) is 5.32 Å². The Balaban J connectivity index is 2.48. The van der Waals surface area contributed by atoms with E-state index in [2.05, 4.69) is 10.1 Å². The minimum absolute atomic E-state index is 0.317. The van der Waals surface area contributed by atoms with E-state index in [9.17, 15) is 4.79 Å². The van der Waals surface area contributed by atoms with Gasteiger partial charge in [-0.2, -0.15) is 0 Å². The number of carbonyl (C=O) groups excluding carboxylic acids is 1. The summed E-state index contributed by atoms with van der Waals surface area (Å²) in [5, 5.41) is 3.04. The Bertz CT molecular complexity index is 167. The van der Waals surface area contributed by atoms with Crippen LogP contribution in [0.1, 0.15) is 13.8 Å². The molecule has 1 heterocycles. The fourth-order valence-corrected chi connectivity index (χ4v) is 1.04. The lowest BCUT2D eigenvalue weighted by Crippen LogP contribution is -2.33. The van der Waals surface area contributed by atoms with Crippen LogP contribution in [0.25, 0.3) is 0 Å². The third kappa shape index (κ3) is 1.91. The van der Waals surface area contributed by atoms with Gasteiger partial charge in [0.25, 0.3) is 0 Å². The van der Waals surface area contributed by atoms with E-state index in [1.54, 1.807) is 0 Å². The maximum Gasteiger partial charge on any atom is 0.336 e. The van der Waals surface area contributed by atoms with Gasteiger partial charge in [0, 0.05) is 6.54 Å². The summed E-state index contributed by atoms with van der Waals surface area (Å²) in [6.07, 6.45) is -0.449. The van der Waals surface area contributed by atoms with Crippen molar-refractivity contribution in [1.29, 1.82) is 0 Å².